The molecule has 0 radical (unpaired) electrons. The number of carbonyl (C=O) groups is 9. The number of amides is 2. The molecule has 26 nitrogen and oxygen atoms in total. The Kier molecular flexibility index (Phi) is 41.5. The number of hydrogen-bond donors (Lipinski definition) is 2. The zero-order valence-corrected chi connectivity index (χ0v) is 50.2. The fraction of sp³-hybridized carbons (Fsp3) is 0.529. The summed E-state index contributed by atoms with van der Waals surface area (Å²) in [5, 5.41) is 17.8. The molecule has 434 valence electrons. The van der Waals surface area contributed by atoms with E-state index in [2.05, 4.69) is 54.6 Å². The summed E-state index contributed by atoms with van der Waals surface area (Å²) in [5.41, 5.74) is 3.36. The van der Waals surface area contributed by atoms with Gasteiger partial charge >= 0.3 is 90.2 Å². The summed E-state index contributed by atoms with van der Waals surface area (Å²) < 4.78 is 42.5. The Morgan fingerprint density at radius 3 is 1.44 bits per heavy atom. The van der Waals surface area contributed by atoms with E-state index in [-0.39, 0.29) is 136 Å². The fourth-order valence-corrected chi connectivity index (χ4v) is 7.34. The minimum atomic E-state index is -0.803. The first-order chi connectivity index (χ1) is 36.9. The number of carboxylic acids is 1. The summed E-state index contributed by atoms with van der Waals surface area (Å²) in [4.78, 5) is 114. The molecule has 4 saturated heterocycles. The topological polar surface area (TPSA) is 352 Å². The minimum Gasteiger partial charge on any atom is -1.00 e. The third kappa shape index (κ3) is 27.8. The number of pyridine rings is 3. The Balaban J connectivity index is -0.000000905. The number of carboxylic acid groups (broad SMARTS) is 1. The number of methoxy groups -OCH3 is 5. The van der Waals surface area contributed by atoms with Gasteiger partial charge in [0.25, 0.3) is 0 Å². The largest absolute Gasteiger partial charge is 1.00 e. The Bertz CT molecular complexity index is 2310. The van der Waals surface area contributed by atoms with Gasteiger partial charge < -0.3 is 69.5 Å². The number of morpholine rings is 2. The molecule has 0 saturated carbocycles. The summed E-state index contributed by atoms with van der Waals surface area (Å²) in [6.45, 7) is 6.41. The van der Waals surface area contributed by atoms with Crippen molar-refractivity contribution in [3.05, 3.63) is 88.8 Å². The summed E-state index contributed by atoms with van der Waals surface area (Å²) in [7, 11) is 6.64. The van der Waals surface area contributed by atoms with Crippen LogP contribution in [0, 0.1) is 11.8 Å². The molecule has 0 aliphatic carbocycles. The summed E-state index contributed by atoms with van der Waals surface area (Å²) in [5.74, 6) is -3.53. The van der Waals surface area contributed by atoms with Crippen molar-refractivity contribution in [2.75, 3.05) is 93.6 Å². The Labute approximate surface area is 507 Å². The molecular formula is C51H70BrLiN5NaO21. The molecule has 0 bridgehead atoms. The van der Waals surface area contributed by atoms with Crippen LogP contribution in [0.5, 0.6) is 0 Å². The third-order valence-corrected chi connectivity index (χ3v) is 11.8. The second kappa shape index (κ2) is 43.3. The number of ether oxygens (including phenoxy) is 9. The monoisotopic (exact) mass is 1200 g/mol. The van der Waals surface area contributed by atoms with Crippen molar-refractivity contribution in [1.29, 1.82) is 0 Å². The van der Waals surface area contributed by atoms with Gasteiger partial charge in [0.2, 0.25) is 11.8 Å². The smallest absolute Gasteiger partial charge is 1.00 e. The van der Waals surface area contributed by atoms with Gasteiger partial charge in [-0.3, -0.25) is 38.9 Å². The fourth-order valence-electron chi connectivity index (χ4n) is 7.18. The first-order valence-corrected chi connectivity index (χ1v) is 25.2. The zero-order chi connectivity index (χ0) is 57.3. The maximum Gasteiger partial charge on any atom is 1.00 e. The number of aliphatic carboxylic acids is 1. The number of fused-ring (bicyclic) bond motifs is 2. The zero-order valence-electron chi connectivity index (χ0n) is 47.6. The molecule has 7 heterocycles. The Hall–Kier alpha value is -5.44. The molecule has 3 aromatic heterocycles. The van der Waals surface area contributed by atoms with E-state index in [1.807, 2.05) is 13.0 Å². The van der Waals surface area contributed by atoms with Gasteiger partial charge in [-0.1, -0.05) is 22.9 Å². The van der Waals surface area contributed by atoms with Gasteiger partial charge in [-0.25, -0.2) is 19.2 Å². The van der Waals surface area contributed by atoms with E-state index < -0.39 is 29.8 Å². The van der Waals surface area contributed by atoms with Crippen LogP contribution in [0.25, 0.3) is 0 Å². The van der Waals surface area contributed by atoms with Crippen LogP contribution in [0.3, 0.4) is 0 Å². The molecule has 3 aromatic rings. The number of piperidine rings is 2. The minimum absolute atomic E-state index is 0. The SMILES string of the molecule is CCOC(=O)CBr.CCc1ccc(C(=O)OC)cn1.COC(=O)COCc1ccc(C(=O)OC)cn1.COC(=O)[C@H]1CC[C@@H]2COCC(=O)N2C1.COC(=O)c1ccc(CO)nc1.O=C(O)[C@H]1CC[C@@H]2COCC(=O)N2C1.[H-].[Li+].[Na+].[OH-]. The second-order valence-corrected chi connectivity index (χ2v) is 17.0. The number of aliphatic hydroxyl groups is 1. The van der Waals surface area contributed by atoms with E-state index >= 15 is 0 Å². The Morgan fingerprint density at radius 2 is 1.09 bits per heavy atom. The molecule has 3 N–H and O–H groups in total. The quantitative estimate of drug-likeness (QED) is 0.0734. The number of rotatable bonds is 13. The predicted molar refractivity (Wildman–Crippen MR) is 275 cm³/mol. The van der Waals surface area contributed by atoms with Crippen molar-refractivity contribution in [3.8, 4) is 0 Å². The van der Waals surface area contributed by atoms with E-state index in [1.54, 1.807) is 47.1 Å². The van der Waals surface area contributed by atoms with E-state index in [0.717, 1.165) is 31.4 Å². The molecule has 2 amide bonds. The number of aliphatic hydroxyl groups excluding tert-OH is 1. The number of carbonyl (C=O) groups excluding carboxylic acids is 8. The van der Waals surface area contributed by atoms with Gasteiger partial charge in [0.15, 0.2) is 0 Å². The molecule has 4 atom stereocenters. The summed E-state index contributed by atoms with van der Waals surface area (Å²) in [6.07, 6.45) is 8.16. The van der Waals surface area contributed by atoms with Gasteiger partial charge in [0, 0.05) is 37.4 Å². The average molecular weight is 1200 g/mol. The first kappa shape index (κ1) is 76.6. The molecule has 0 spiro atoms. The Morgan fingerprint density at radius 1 is 0.650 bits per heavy atom. The van der Waals surface area contributed by atoms with Crippen molar-refractivity contribution < 1.29 is 151 Å². The molecule has 29 heteroatoms. The molecular weight excluding hydrogens is 1130 g/mol. The van der Waals surface area contributed by atoms with Crippen LogP contribution in [0.15, 0.2) is 55.0 Å². The summed E-state index contributed by atoms with van der Waals surface area (Å²) in [6, 6.07) is 10.2. The van der Waals surface area contributed by atoms with Crippen LogP contribution in [0.4, 0.5) is 0 Å². The van der Waals surface area contributed by atoms with Gasteiger partial charge in [0.05, 0.1) is 121 Å². The van der Waals surface area contributed by atoms with Crippen molar-refractivity contribution in [1.82, 2.24) is 24.8 Å². The van der Waals surface area contributed by atoms with Gasteiger partial charge in [0.1, 0.15) is 25.2 Å². The molecule has 0 unspecified atom stereocenters. The van der Waals surface area contributed by atoms with E-state index in [1.165, 1.54) is 54.1 Å². The first-order valence-electron chi connectivity index (χ1n) is 24.1. The second-order valence-electron chi connectivity index (χ2n) is 16.4. The normalized spacial score (nSPS) is 17.2. The maximum absolute atomic E-state index is 11.5. The standard InChI is InChI=1S/C11H13NO5.C10H15NO4.C9H13NO4.C9H11NO2.C8H9NO3.C4H7BrO2.Li.Na.H2O.H/c1-15-10(13)7-17-6-9-4-3-8(5-12-9)11(14)16-2;1-14-10(13)7-2-3-8-5-15-6-9(12)11(8)4-7;11-8-5-14-4-7-2-1-6(9(12)13)3-10(7)8;1-3-8-5-4-7(6-10-8)9(11)12-2;1-12-8(11)6-2-3-7(5-10)9-4-6;1-2-7-4(6)3-5;;;;/h3-5H,6-7H2,1-2H3;7-8H,2-6H2,1H3;6-7H,1-5H2,(H,12,13);4-6H,3H2,1-2H3;2-4,10H,5H2,1H3;2-3H2,1H3;;;1H2;/q;;;;;;2*+1;;-1/p-1/t;7-,8+;6-,7+;;;;;;;/m.00......./s1. The number of alkyl halides is 1. The average Bonchev–Trinajstić information content (AvgIpc) is 3.47. The molecule has 7 rings (SSSR count). The van der Waals surface area contributed by atoms with Crippen LogP contribution < -0.4 is 48.4 Å². The van der Waals surface area contributed by atoms with Crippen LogP contribution in [-0.2, 0) is 91.0 Å². The number of halogens is 1. The number of hydrogen-bond acceptors (Lipinski definition) is 23. The molecule has 80 heavy (non-hydrogen) atoms. The number of aryl methyl sites for hydroxylation is 1. The van der Waals surface area contributed by atoms with Crippen molar-refractivity contribution in [2.45, 2.75) is 71.2 Å². The predicted octanol–water partition coefficient (Wildman–Crippen LogP) is -3.26. The van der Waals surface area contributed by atoms with Crippen molar-refractivity contribution in [3.63, 3.8) is 0 Å². The number of esters is 6. The van der Waals surface area contributed by atoms with Crippen LogP contribution in [-0.4, -0.2) is 200 Å². The molecule has 4 aliphatic rings. The molecule has 4 aliphatic heterocycles. The van der Waals surface area contributed by atoms with Crippen LogP contribution in [0.1, 0.15) is 89.1 Å². The van der Waals surface area contributed by atoms with Crippen LogP contribution in [0.2, 0.25) is 0 Å². The van der Waals surface area contributed by atoms with Gasteiger partial charge in [-0.15, -0.1) is 0 Å². The van der Waals surface area contributed by atoms with Gasteiger partial charge in [-0.2, -0.15) is 0 Å². The van der Waals surface area contributed by atoms with E-state index in [0.29, 0.717) is 72.7 Å². The van der Waals surface area contributed by atoms with Crippen molar-refractivity contribution in [2.24, 2.45) is 11.8 Å². The number of nitrogens with zero attached hydrogens (tertiary/aromatic N) is 5. The molecule has 0 aromatic carbocycles. The summed E-state index contributed by atoms with van der Waals surface area (Å²) >= 11 is 2.94. The third-order valence-electron chi connectivity index (χ3n) is 11.4. The van der Waals surface area contributed by atoms with E-state index in [9.17, 15) is 43.2 Å². The van der Waals surface area contributed by atoms with Crippen LogP contribution >= 0.6 is 15.9 Å². The number of aromatic nitrogens is 3. The van der Waals surface area contributed by atoms with Crippen molar-refractivity contribution >= 4 is 69.5 Å². The van der Waals surface area contributed by atoms with E-state index in [4.69, 9.17) is 29.2 Å². The van der Waals surface area contributed by atoms with Gasteiger partial charge in [-0.05, 0) is 75.4 Å². The maximum atomic E-state index is 11.5. The molecule has 4 fully saturated rings.